The third-order valence-electron chi connectivity index (χ3n) is 7.55. The first-order valence-corrected chi connectivity index (χ1v) is 14.5. The molecule has 48 heavy (non-hydrogen) atoms. The summed E-state index contributed by atoms with van der Waals surface area (Å²) < 4.78 is 166. The van der Waals surface area contributed by atoms with Crippen molar-refractivity contribution in [3.63, 3.8) is 0 Å². The number of benzene rings is 5. The Labute approximate surface area is 267 Å². The van der Waals surface area contributed by atoms with Gasteiger partial charge in [-0.3, -0.25) is 0 Å². The highest BCUT2D eigenvalue weighted by Gasteiger charge is 2.42. The van der Waals surface area contributed by atoms with E-state index in [2.05, 4.69) is 4.74 Å². The first-order valence-electron chi connectivity index (χ1n) is 14.5. The zero-order valence-electron chi connectivity index (χ0n) is 24.8. The van der Waals surface area contributed by atoms with Gasteiger partial charge in [0.2, 0.25) is 0 Å². The molecule has 12 heteroatoms. The zero-order chi connectivity index (χ0) is 34.9. The lowest BCUT2D eigenvalue weighted by Crippen LogP contribution is -2.25. The van der Waals surface area contributed by atoms with E-state index in [-0.39, 0.29) is 35.4 Å². The molecule has 0 spiro atoms. The lowest BCUT2D eigenvalue weighted by atomic mass is 9.96. The minimum absolute atomic E-state index is 0.145. The first-order chi connectivity index (χ1) is 22.7. The maximum atomic E-state index is 15.2. The number of aryl methyl sites for hydroxylation is 1. The van der Waals surface area contributed by atoms with Crippen LogP contribution < -0.4 is 4.74 Å². The van der Waals surface area contributed by atoms with Gasteiger partial charge in [0, 0.05) is 17.7 Å². The normalized spacial score (nSPS) is 11.7. The van der Waals surface area contributed by atoms with E-state index in [1.807, 2.05) is 6.92 Å². The van der Waals surface area contributed by atoms with Crippen LogP contribution in [0, 0.1) is 52.4 Å². The molecular formula is C36H23F11O. The van der Waals surface area contributed by atoms with Gasteiger partial charge in [-0.25, -0.2) is 39.5 Å². The van der Waals surface area contributed by atoms with Crippen molar-refractivity contribution in [2.45, 2.75) is 38.7 Å². The van der Waals surface area contributed by atoms with E-state index in [4.69, 9.17) is 0 Å². The third kappa shape index (κ3) is 7.02. The second kappa shape index (κ2) is 13.7. The summed E-state index contributed by atoms with van der Waals surface area (Å²) in [5.74, 6) is -14.7. The Morgan fingerprint density at radius 3 is 1.60 bits per heavy atom. The van der Waals surface area contributed by atoms with Crippen LogP contribution in [0.1, 0.15) is 37.3 Å². The van der Waals surface area contributed by atoms with Gasteiger partial charge in [-0.1, -0.05) is 38.0 Å². The van der Waals surface area contributed by atoms with Crippen molar-refractivity contribution in [1.82, 2.24) is 0 Å². The minimum atomic E-state index is -4.92. The third-order valence-corrected chi connectivity index (χ3v) is 7.55. The molecule has 0 radical (unpaired) electrons. The maximum absolute atomic E-state index is 15.2. The average Bonchev–Trinajstić information content (AvgIpc) is 2.97. The molecule has 0 bridgehead atoms. The predicted molar refractivity (Wildman–Crippen MR) is 157 cm³/mol. The standard InChI is InChI=1S/C36H23F11O/c1-2-3-4-5-18-6-8-23(25(38)10-18)20-12-27(40)34(28(41)13-20)21-14-31(44)35(32(45)15-21)36(46,47)48-22-16-29(42)33(30(43)17-22)19-7-9-24(37)26(39)11-19/h6-17H,2-5H2,1H3. The summed E-state index contributed by atoms with van der Waals surface area (Å²) in [6.07, 6.45) is -1.60. The van der Waals surface area contributed by atoms with Crippen LogP contribution in [0.3, 0.4) is 0 Å². The van der Waals surface area contributed by atoms with Crippen LogP contribution in [-0.4, -0.2) is 0 Å². The molecular weight excluding hydrogens is 657 g/mol. The highest BCUT2D eigenvalue weighted by atomic mass is 19.3. The molecule has 250 valence electrons. The van der Waals surface area contributed by atoms with Gasteiger partial charge in [-0.15, -0.1) is 0 Å². The molecule has 0 fully saturated rings. The van der Waals surface area contributed by atoms with Gasteiger partial charge in [-0.05, 0) is 77.6 Å². The fourth-order valence-corrected chi connectivity index (χ4v) is 5.26. The molecule has 0 atom stereocenters. The molecule has 0 amide bonds. The van der Waals surface area contributed by atoms with Gasteiger partial charge in [0.25, 0.3) is 0 Å². The fourth-order valence-electron chi connectivity index (χ4n) is 5.26. The molecule has 0 aliphatic heterocycles. The Balaban J connectivity index is 1.42. The lowest BCUT2D eigenvalue weighted by molar-refractivity contribution is -0.189. The molecule has 1 nitrogen and oxygen atoms in total. The molecule has 0 saturated heterocycles. The molecule has 5 aromatic rings. The molecule has 5 aromatic carbocycles. The summed E-state index contributed by atoms with van der Waals surface area (Å²) in [6, 6.07) is 8.37. The van der Waals surface area contributed by atoms with Crippen molar-refractivity contribution in [3.05, 3.63) is 136 Å². The summed E-state index contributed by atoms with van der Waals surface area (Å²) in [7, 11) is 0. The van der Waals surface area contributed by atoms with Crippen molar-refractivity contribution in [3.8, 4) is 39.1 Å². The zero-order valence-corrected chi connectivity index (χ0v) is 24.8. The van der Waals surface area contributed by atoms with Crippen molar-refractivity contribution < 1.29 is 53.0 Å². The predicted octanol–water partition coefficient (Wildman–Crippen LogP) is 11.8. The van der Waals surface area contributed by atoms with Crippen molar-refractivity contribution in [2.24, 2.45) is 0 Å². The number of hydrogen-bond acceptors (Lipinski definition) is 1. The maximum Gasteiger partial charge on any atom is 0.432 e. The summed E-state index contributed by atoms with van der Waals surface area (Å²) in [5.41, 5.74) is -4.97. The van der Waals surface area contributed by atoms with Crippen LogP contribution in [0.4, 0.5) is 48.3 Å². The molecule has 0 heterocycles. The van der Waals surface area contributed by atoms with Crippen molar-refractivity contribution in [2.75, 3.05) is 0 Å². The van der Waals surface area contributed by atoms with Crippen LogP contribution in [0.25, 0.3) is 33.4 Å². The number of ether oxygens (including phenoxy) is 1. The molecule has 0 unspecified atom stereocenters. The summed E-state index contributed by atoms with van der Waals surface area (Å²) in [5, 5.41) is 0. The van der Waals surface area contributed by atoms with E-state index in [9.17, 15) is 22.0 Å². The number of hydrogen-bond donors (Lipinski definition) is 0. The molecule has 0 N–H and O–H groups in total. The van der Waals surface area contributed by atoms with Crippen molar-refractivity contribution >= 4 is 0 Å². The quantitative estimate of drug-likeness (QED) is 0.105. The van der Waals surface area contributed by atoms with Crippen molar-refractivity contribution in [1.29, 1.82) is 0 Å². The Bertz CT molecular complexity index is 1940. The van der Waals surface area contributed by atoms with Gasteiger partial charge in [0.05, 0.1) is 11.1 Å². The van der Waals surface area contributed by atoms with E-state index in [0.717, 1.165) is 37.5 Å². The van der Waals surface area contributed by atoms with Gasteiger partial charge in [0.1, 0.15) is 52.0 Å². The molecule has 0 aliphatic carbocycles. The molecule has 0 aliphatic rings. The molecule has 5 rings (SSSR count). The Hall–Kier alpha value is -4.87. The summed E-state index contributed by atoms with van der Waals surface area (Å²) in [6.45, 7) is 2.01. The Kier molecular flexibility index (Phi) is 9.84. The van der Waals surface area contributed by atoms with Gasteiger partial charge >= 0.3 is 6.11 Å². The van der Waals surface area contributed by atoms with Crippen LogP contribution in [0.5, 0.6) is 5.75 Å². The van der Waals surface area contributed by atoms with E-state index < -0.39 is 92.0 Å². The van der Waals surface area contributed by atoms with Gasteiger partial charge in [0.15, 0.2) is 11.6 Å². The topological polar surface area (TPSA) is 9.23 Å². The number of rotatable bonds is 10. The Morgan fingerprint density at radius 2 is 1.04 bits per heavy atom. The number of halogens is 11. The minimum Gasteiger partial charge on any atom is -0.429 e. The van der Waals surface area contributed by atoms with E-state index >= 15 is 26.3 Å². The van der Waals surface area contributed by atoms with Crippen LogP contribution in [-0.2, 0) is 12.5 Å². The monoisotopic (exact) mass is 680 g/mol. The van der Waals surface area contributed by atoms with Crippen LogP contribution in [0.2, 0.25) is 0 Å². The average molecular weight is 681 g/mol. The van der Waals surface area contributed by atoms with E-state index in [1.54, 1.807) is 6.07 Å². The second-order valence-electron chi connectivity index (χ2n) is 10.9. The Morgan fingerprint density at radius 1 is 0.500 bits per heavy atom. The summed E-state index contributed by atoms with van der Waals surface area (Å²) >= 11 is 0. The first kappa shape index (κ1) is 34.5. The SMILES string of the molecule is CCCCCc1ccc(-c2cc(F)c(-c3cc(F)c(C(F)(F)Oc4cc(F)c(-c5ccc(F)c(F)c5)c(F)c4)c(F)c3)c(F)c2)c(F)c1. The molecule has 0 saturated carbocycles. The summed E-state index contributed by atoms with van der Waals surface area (Å²) in [4.78, 5) is 0. The van der Waals surface area contributed by atoms with E-state index in [0.29, 0.717) is 24.1 Å². The number of unbranched alkanes of at least 4 members (excludes halogenated alkanes) is 2. The van der Waals surface area contributed by atoms with Gasteiger partial charge in [-0.2, -0.15) is 8.78 Å². The second-order valence-corrected chi connectivity index (χ2v) is 10.9. The number of alkyl halides is 2. The fraction of sp³-hybridized carbons (Fsp3) is 0.167. The van der Waals surface area contributed by atoms with Crippen LogP contribution in [0.15, 0.2) is 72.8 Å². The highest BCUT2D eigenvalue weighted by molar-refractivity contribution is 5.73. The highest BCUT2D eigenvalue weighted by Crippen LogP contribution is 2.40. The largest absolute Gasteiger partial charge is 0.432 e. The van der Waals surface area contributed by atoms with Gasteiger partial charge < -0.3 is 4.74 Å². The van der Waals surface area contributed by atoms with Crippen LogP contribution >= 0.6 is 0 Å². The smallest absolute Gasteiger partial charge is 0.429 e. The van der Waals surface area contributed by atoms with E-state index in [1.165, 1.54) is 12.1 Å². The lowest BCUT2D eigenvalue weighted by Gasteiger charge is -2.21. The molecule has 0 aromatic heterocycles.